The summed E-state index contributed by atoms with van der Waals surface area (Å²) in [5.74, 6) is 1.35. The first-order valence-corrected chi connectivity index (χ1v) is 13.1. The summed E-state index contributed by atoms with van der Waals surface area (Å²) in [6.07, 6.45) is 4.01. The van der Waals surface area contributed by atoms with Gasteiger partial charge in [0.05, 0.1) is 16.9 Å². The number of thiazole rings is 1. The Morgan fingerprint density at radius 3 is 2.67 bits per heavy atom. The third kappa shape index (κ3) is 4.92. The predicted octanol–water partition coefficient (Wildman–Crippen LogP) is 4.84. The van der Waals surface area contributed by atoms with Crippen LogP contribution in [0, 0.1) is 11.3 Å². The van der Waals surface area contributed by atoms with E-state index >= 15 is 0 Å². The number of fused-ring (bicyclic) bond motifs is 1. The Labute approximate surface area is 214 Å². The number of rotatable bonds is 5. The van der Waals surface area contributed by atoms with Crippen LogP contribution in [0.15, 0.2) is 30.5 Å². The van der Waals surface area contributed by atoms with Crippen molar-refractivity contribution in [3.8, 4) is 11.5 Å². The molecule has 1 amide bonds. The van der Waals surface area contributed by atoms with E-state index in [-0.39, 0.29) is 11.9 Å². The van der Waals surface area contributed by atoms with Crippen molar-refractivity contribution in [1.82, 2.24) is 35.2 Å². The van der Waals surface area contributed by atoms with Crippen LogP contribution in [0.3, 0.4) is 0 Å². The molecule has 4 aromatic rings. The number of hydrogen-bond acceptors (Lipinski definition) is 9. The van der Waals surface area contributed by atoms with Crippen LogP contribution in [-0.2, 0) is 0 Å². The van der Waals surface area contributed by atoms with Crippen LogP contribution < -0.4 is 10.2 Å². The minimum Gasteiger partial charge on any atom is -0.348 e. The number of aromatic nitrogens is 7. The molecule has 0 radical (unpaired) electrons. The van der Waals surface area contributed by atoms with Crippen molar-refractivity contribution in [3.05, 3.63) is 36.2 Å². The minimum atomic E-state index is -0.328. The van der Waals surface area contributed by atoms with Crippen LogP contribution in [-0.4, -0.2) is 54.2 Å². The number of carbonyl (C=O) groups is 1. The molecule has 5 heterocycles. The zero-order valence-electron chi connectivity index (χ0n) is 21.3. The van der Waals surface area contributed by atoms with Gasteiger partial charge in [-0.25, -0.2) is 19.6 Å². The number of tetrazole rings is 1. The minimum absolute atomic E-state index is 0.0834. The lowest BCUT2D eigenvalue weighted by Gasteiger charge is -2.38. The molecule has 0 aromatic carbocycles. The normalized spacial score (nSPS) is 15.1. The number of hydrogen-bond donors (Lipinski definition) is 1. The summed E-state index contributed by atoms with van der Waals surface area (Å²) in [6.45, 7) is 13.0. The van der Waals surface area contributed by atoms with Gasteiger partial charge in [0.15, 0.2) is 5.13 Å². The van der Waals surface area contributed by atoms with E-state index in [1.165, 1.54) is 12.8 Å². The van der Waals surface area contributed by atoms with Crippen LogP contribution in [0.4, 0.5) is 10.9 Å². The molecule has 5 rings (SSSR count). The van der Waals surface area contributed by atoms with Crippen LogP contribution in [0.25, 0.3) is 21.7 Å². The largest absolute Gasteiger partial charge is 0.348 e. The van der Waals surface area contributed by atoms with Gasteiger partial charge in [-0.3, -0.25) is 4.79 Å². The van der Waals surface area contributed by atoms with Gasteiger partial charge in [-0.2, -0.15) is 0 Å². The molecule has 11 heteroatoms. The van der Waals surface area contributed by atoms with Gasteiger partial charge in [0.2, 0.25) is 5.82 Å². The number of amides is 1. The SMILES string of the molecule is CC(C)n1nnnc1-c1cccc(NC(=O)c2cc3sc(N4CCC(C(C)(C)C)CC4)nc3cn2)n1. The molecule has 36 heavy (non-hydrogen) atoms. The Balaban J connectivity index is 1.30. The Morgan fingerprint density at radius 1 is 1.17 bits per heavy atom. The first-order valence-electron chi connectivity index (χ1n) is 12.3. The molecule has 4 aromatic heterocycles. The smallest absolute Gasteiger partial charge is 0.275 e. The third-order valence-electron chi connectivity index (χ3n) is 6.69. The van der Waals surface area contributed by atoms with Gasteiger partial charge >= 0.3 is 0 Å². The molecule has 0 atom stereocenters. The fourth-order valence-electron chi connectivity index (χ4n) is 4.54. The predicted molar refractivity (Wildman–Crippen MR) is 141 cm³/mol. The lowest BCUT2D eigenvalue weighted by molar-refractivity contribution is 0.102. The van der Waals surface area contributed by atoms with E-state index in [2.05, 4.69) is 56.5 Å². The second-order valence-corrected chi connectivity index (χ2v) is 11.6. The first kappa shape index (κ1) is 24.2. The van der Waals surface area contributed by atoms with Gasteiger partial charge in [0.25, 0.3) is 5.91 Å². The molecule has 1 fully saturated rings. The fraction of sp³-hybridized carbons (Fsp3) is 0.480. The number of pyridine rings is 2. The molecule has 10 nitrogen and oxygen atoms in total. The standard InChI is InChI=1S/C25H31N9OS/c1-15(2)34-22(30-31-32-34)17-7-6-8-21(27-17)29-23(35)18-13-20-19(14-26-18)28-24(36-20)33-11-9-16(10-12-33)25(3,4)5/h6-8,13-16H,9-12H2,1-5H3,(H,27,29,35). The maximum atomic E-state index is 13.0. The highest BCUT2D eigenvalue weighted by atomic mass is 32.1. The first-order chi connectivity index (χ1) is 17.2. The van der Waals surface area contributed by atoms with E-state index in [4.69, 9.17) is 4.98 Å². The van der Waals surface area contributed by atoms with E-state index in [1.54, 1.807) is 34.3 Å². The van der Waals surface area contributed by atoms with Crippen molar-refractivity contribution in [3.63, 3.8) is 0 Å². The highest BCUT2D eigenvalue weighted by Gasteiger charge is 2.29. The summed E-state index contributed by atoms with van der Waals surface area (Å²) in [5.41, 5.74) is 2.05. The van der Waals surface area contributed by atoms with E-state index in [0.29, 0.717) is 28.4 Å². The van der Waals surface area contributed by atoms with Crippen LogP contribution in [0.5, 0.6) is 0 Å². The fourth-order valence-corrected chi connectivity index (χ4v) is 5.56. The number of nitrogens with zero attached hydrogens (tertiary/aromatic N) is 8. The highest BCUT2D eigenvalue weighted by Crippen LogP contribution is 2.37. The lowest BCUT2D eigenvalue weighted by Crippen LogP contribution is -2.37. The van der Waals surface area contributed by atoms with E-state index < -0.39 is 0 Å². The van der Waals surface area contributed by atoms with E-state index in [0.717, 1.165) is 34.4 Å². The van der Waals surface area contributed by atoms with Gasteiger partial charge in [0.1, 0.15) is 22.7 Å². The van der Waals surface area contributed by atoms with Gasteiger partial charge < -0.3 is 10.2 Å². The van der Waals surface area contributed by atoms with Crippen molar-refractivity contribution < 1.29 is 4.79 Å². The van der Waals surface area contributed by atoms with Crippen LogP contribution in [0.2, 0.25) is 0 Å². The molecule has 0 unspecified atom stereocenters. The summed E-state index contributed by atoms with van der Waals surface area (Å²) in [6, 6.07) is 7.24. The van der Waals surface area contributed by atoms with Gasteiger partial charge in [0, 0.05) is 13.1 Å². The number of anilines is 2. The average molecular weight is 506 g/mol. The summed E-state index contributed by atoms with van der Waals surface area (Å²) in [7, 11) is 0. The molecule has 0 saturated carbocycles. The summed E-state index contributed by atoms with van der Waals surface area (Å²) < 4.78 is 2.64. The van der Waals surface area contributed by atoms with Gasteiger partial charge in [-0.1, -0.05) is 38.2 Å². The van der Waals surface area contributed by atoms with Gasteiger partial charge in [-0.05, 0) is 66.6 Å². The van der Waals surface area contributed by atoms with Gasteiger partial charge in [-0.15, -0.1) is 5.10 Å². The highest BCUT2D eigenvalue weighted by molar-refractivity contribution is 7.22. The third-order valence-corrected chi connectivity index (χ3v) is 7.77. The quantitative estimate of drug-likeness (QED) is 0.410. The summed E-state index contributed by atoms with van der Waals surface area (Å²) in [4.78, 5) is 29.0. The van der Waals surface area contributed by atoms with Crippen molar-refractivity contribution >= 4 is 38.4 Å². The second-order valence-electron chi connectivity index (χ2n) is 10.6. The van der Waals surface area contributed by atoms with Crippen molar-refractivity contribution in [2.45, 2.75) is 53.5 Å². The molecule has 1 aliphatic rings. The summed E-state index contributed by atoms with van der Waals surface area (Å²) in [5, 5.41) is 15.7. The monoisotopic (exact) mass is 505 g/mol. The van der Waals surface area contributed by atoms with E-state index in [9.17, 15) is 4.79 Å². The van der Waals surface area contributed by atoms with E-state index in [1.807, 2.05) is 26.0 Å². The number of carbonyl (C=O) groups excluding carboxylic acids is 1. The zero-order valence-corrected chi connectivity index (χ0v) is 22.1. The van der Waals surface area contributed by atoms with Crippen molar-refractivity contribution in [2.24, 2.45) is 11.3 Å². The van der Waals surface area contributed by atoms with Crippen molar-refractivity contribution in [2.75, 3.05) is 23.3 Å². The number of nitrogens with one attached hydrogen (secondary N) is 1. The Morgan fingerprint density at radius 2 is 1.94 bits per heavy atom. The molecular formula is C25H31N9OS. The maximum Gasteiger partial charge on any atom is 0.275 e. The topological polar surface area (TPSA) is 115 Å². The molecule has 1 N–H and O–H groups in total. The lowest BCUT2D eigenvalue weighted by atomic mass is 9.75. The Bertz CT molecular complexity index is 1380. The summed E-state index contributed by atoms with van der Waals surface area (Å²) >= 11 is 1.61. The van der Waals surface area contributed by atoms with Crippen LogP contribution >= 0.6 is 11.3 Å². The average Bonchev–Trinajstić information content (AvgIpc) is 3.51. The molecule has 1 aliphatic heterocycles. The van der Waals surface area contributed by atoms with Crippen molar-refractivity contribution in [1.29, 1.82) is 0 Å². The Hall–Kier alpha value is -3.47. The van der Waals surface area contributed by atoms with Crippen LogP contribution in [0.1, 0.15) is 64.0 Å². The maximum absolute atomic E-state index is 13.0. The molecule has 0 spiro atoms. The molecule has 0 aliphatic carbocycles. The Kier molecular flexibility index (Phi) is 6.42. The molecular weight excluding hydrogens is 474 g/mol. The number of piperidine rings is 1. The zero-order chi connectivity index (χ0) is 25.4. The molecule has 188 valence electrons. The molecule has 1 saturated heterocycles. The second kappa shape index (κ2) is 9.53. The molecule has 0 bridgehead atoms.